The van der Waals surface area contributed by atoms with Crippen molar-refractivity contribution in [2.24, 2.45) is 0 Å². The maximum atomic E-state index is 10.8. The number of aryl methyl sites for hydroxylation is 1. The van der Waals surface area contributed by atoms with Gasteiger partial charge in [0.05, 0.1) is 0 Å². The van der Waals surface area contributed by atoms with Gasteiger partial charge in [0.2, 0.25) is 0 Å². The van der Waals surface area contributed by atoms with Gasteiger partial charge in [0.15, 0.2) is 0 Å². The summed E-state index contributed by atoms with van der Waals surface area (Å²) in [5, 5.41) is 12.1. The van der Waals surface area contributed by atoms with Crippen molar-refractivity contribution in [3.8, 4) is 5.75 Å². The third-order valence-electron chi connectivity index (χ3n) is 2.99. The van der Waals surface area contributed by atoms with Gasteiger partial charge in [-0.15, -0.1) is 0 Å². The quantitative estimate of drug-likeness (QED) is 0.717. The van der Waals surface area contributed by atoms with Crippen molar-refractivity contribution in [1.82, 2.24) is 5.32 Å². The van der Waals surface area contributed by atoms with Crippen LogP contribution in [0.15, 0.2) is 35.9 Å². The number of carboxylic acids is 1. The van der Waals surface area contributed by atoms with E-state index in [9.17, 15) is 4.79 Å². The van der Waals surface area contributed by atoms with E-state index in [-0.39, 0.29) is 6.04 Å². The predicted octanol–water partition coefficient (Wildman–Crippen LogP) is 2.77. The van der Waals surface area contributed by atoms with Crippen LogP contribution in [0, 0.1) is 6.92 Å². The number of nitrogens with one attached hydrogen (secondary N) is 1. The number of benzene rings is 1. The number of hydrogen-bond donors (Lipinski definition) is 2. The molecule has 0 heterocycles. The van der Waals surface area contributed by atoms with Crippen LogP contribution in [-0.4, -0.2) is 30.3 Å². The molecule has 4 heteroatoms. The molecule has 0 aliphatic heterocycles. The first-order valence-corrected chi connectivity index (χ1v) is 6.88. The van der Waals surface area contributed by atoms with Crippen LogP contribution < -0.4 is 10.1 Å². The molecule has 0 amide bonds. The van der Waals surface area contributed by atoms with E-state index in [0.29, 0.717) is 25.1 Å². The zero-order valence-electron chi connectivity index (χ0n) is 12.3. The first-order chi connectivity index (χ1) is 9.52. The summed E-state index contributed by atoms with van der Waals surface area (Å²) in [4.78, 5) is 10.8. The molecule has 1 aromatic rings. The lowest BCUT2D eigenvalue weighted by molar-refractivity contribution is -0.132. The van der Waals surface area contributed by atoms with E-state index in [1.165, 1.54) is 5.56 Å². The molecule has 0 aliphatic carbocycles. The second-order valence-corrected chi connectivity index (χ2v) is 4.82. The first kappa shape index (κ1) is 16.2. The molecule has 0 radical (unpaired) electrons. The fourth-order valence-corrected chi connectivity index (χ4v) is 1.68. The van der Waals surface area contributed by atoms with Crippen LogP contribution >= 0.6 is 0 Å². The van der Waals surface area contributed by atoms with Crippen LogP contribution in [0.2, 0.25) is 0 Å². The van der Waals surface area contributed by atoms with Gasteiger partial charge in [-0.1, -0.05) is 30.7 Å². The van der Waals surface area contributed by atoms with E-state index >= 15 is 0 Å². The monoisotopic (exact) mass is 277 g/mol. The summed E-state index contributed by atoms with van der Waals surface area (Å²) in [6.07, 6.45) is 2.25. The lowest BCUT2D eigenvalue weighted by Crippen LogP contribution is -2.32. The normalized spacial score (nSPS) is 13.1. The molecule has 20 heavy (non-hydrogen) atoms. The molecule has 110 valence electrons. The average molecular weight is 277 g/mol. The van der Waals surface area contributed by atoms with Crippen LogP contribution in [0.1, 0.15) is 25.8 Å². The van der Waals surface area contributed by atoms with E-state index in [1.54, 1.807) is 6.08 Å². The van der Waals surface area contributed by atoms with Gasteiger partial charge < -0.3 is 15.2 Å². The third-order valence-corrected chi connectivity index (χ3v) is 2.99. The molecule has 0 saturated heterocycles. The summed E-state index contributed by atoms with van der Waals surface area (Å²) < 4.78 is 5.65. The molecule has 4 nitrogen and oxygen atoms in total. The Bertz CT molecular complexity index is 451. The number of carboxylic acid groups (broad SMARTS) is 1. The van der Waals surface area contributed by atoms with Gasteiger partial charge in [-0.2, -0.15) is 0 Å². The van der Waals surface area contributed by atoms with Crippen LogP contribution in [0.25, 0.3) is 0 Å². The highest BCUT2D eigenvalue weighted by molar-refractivity contribution is 5.86. The number of aliphatic carboxylic acids is 1. The lowest BCUT2D eigenvalue weighted by Gasteiger charge is -2.14. The molecule has 1 atom stereocenters. The molecule has 0 spiro atoms. The highest BCUT2D eigenvalue weighted by atomic mass is 16.5. The van der Waals surface area contributed by atoms with Crippen molar-refractivity contribution < 1.29 is 14.6 Å². The smallest absolute Gasteiger partial charge is 0.331 e. The average Bonchev–Trinajstić information content (AvgIpc) is 2.42. The van der Waals surface area contributed by atoms with Crippen molar-refractivity contribution in [2.45, 2.75) is 33.2 Å². The summed E-state index contributed by atoms with van der Waals surface area (Å²) in [7, 11) is 0. The zero-order chi connectivity index (χ0) is 15.0. The molecule has 1 rings (SSSR count). The Morgan fingerprint density at radius 1 is 1.40 bits per heavy atom. The molecule has 1 unspecified atom stereocenters. The summed E-state index contributed by atoms with van der Waals surface area (Å²) in [6.45, 7) is 6.96. The van der Waals surface area contributed by atoms with Crippen molar-refractivity contribution in [3.05, 3.63) is 41.5 Å². The Labute approximate surface area is 120 Å². The topological polar surface area (TPSA) is 58.6 Å². The minimum Gasteiger partial charge on any atom is -0.492 e. The van der Waals surface area contributed by atoms with E-state index in [2.05, 4.69) is 5.32 Å². The molecule has 2 N–H and O–H groups in total. The minimum absolute atomic E-state index is 0.152. The zero-order valence-corrected chi connectivity index (χ0v) is 12.3. The SMILES string of the molecule is CC/C(=C/CNC(C)COc1ccc(C)cc1)C(=O)O. The van der Waals surface area contributed by atoms with Gasteiger partial charge in [-0.25, -0.2) is 4.79 Å². The molecule has 0 bridgehead atoms. The number of hydrogen-bond acceptors (Lipinski definition) is 3. The Morgan fingerprint density at radius 2 is 2.05 bits per heavy atom. The van der Waals surface area contributed by atoms with Crippen LogP contribution in [0.3, 0.4) is 0 Å². The van der Waals surface area contributed by atoms with E-state index in [4.69, 9.17) is 9.84 Å². The standard InChI is InChI=1S/C16H23NO3/c1-4-14(16(18)19)9-10-17-13(3)11-20-15-7-5-12(2)6-8-15/h5-9,13,17H,4,10-11H2,1-3H3,(H,18,19)/b14-9-. The number of carbonyl (C=O) groups is 1. The number of ether oxygens (including phenoxy) is 1. The summed E-state index contributed by atoms with van der Waals surface area (Å²) >= 11 is 0. The largest absolute Gasteiger partial charge is 0.492 e. The number of rotatable bonds is 8. The lowest BCUT2D eigenvalue weighted by atomic mass is 10.2. The van der Waals surface area contributed by atoms with Crippen LogP contribution in [-0.2, 0) is 4.79 Å². The summed E-state index contributed by atoms with van der Waals surface area (Å²) in [6, 6.07) is 8.07. The molecule has 0 aromatic heterocycles. The summed E-state index contributed by atoms with van der Waals surface area (Å²) in [5.74, 6) is -0.00238. The molecular weight excluding hydrogens is 254 g/mol. The van der Waals surface area contributed by atoms with Gasteiger partial charge in [-0.3, -0.25) is 0 Å². The highest BCUT2D eigenvalue weighted by Gasteiger charge is 2.05. The van der Waals surface area contributed by atoms with Crippen LogP contribution in [0.5, 0.6) is 5.75 Å². The third kappa shape index (κ3) is 5.89. The molecule has 0 aliphatic rings. The van der Waals surface area contributed by atoms with Crippen LogP contribution in [0.4, 0.5) is 0 Å². The predicted molar refractivity (Wildman–Crippen MR) is 80.1 cm³/mol. The van der Waals surface area contributed by atoms with Gasteiger partial charge in [-0.05, 0) is 32.4 Å². The van der Waals surface area contributed by atoms with Crippen molar-refractivity contribution in [3.63, 3.8) is 0 Å². The minimum atomic E-state index is -0.849. The first-order valence-electron chi connectivity index (χ1n) is 6.88. The second kappa shape index (κ2) is 8.38. The van der Waals surface area contributed by atoms with Crippen molar-refractivity contribution >= 4 is 5.97 Å². The van der Waals surface area contributed by atoms with Crippen molar-refractivity contribution in [1.29, 1.82) is 0 Å². The fraction of sp³-hybridized carbons (Fsp3) is 0.438. The van der Waals surface area contributed by atoms with Gasteiger partial charge >= 0.3 is 5.97 Å². The molecule has 0 saturated carbocycles. The Hall–Kier alpha value is -1.81. The molecular formula is C16H23NO3. The molecule has 1 aromatic carbocycles. The van der Waals surface area contributed by atoms with Gasteiger partial charge in [0, 0.05) is 18.2 Å². The highest BCUT2D eigenvalue weighted by Crippen LogP contribution is 2.11. The fourth-order valence-electron chi connectivity index (χ4n) is 1.68. The van der Waals surface area contributed by atoms with E-state index in [1.807, 2.05) is 45.0 Å². The van der Waals surface area contributed by atoms with E-state index < -0.39 is 5.97 Å². The maximum absolute atomic E-state index is 10.8. The Kier molecular flexibility index (Phi) is 6.81. The molecule has 0 fully saturated rings. The van der Waals surface area contributed by atoms with Crippen molar-refractivity contribution in [2.75, 3.05) is 13.2 Å². The maximum Gasteiger partial charge on any atom is 0.331 e. The van der Waals surface area contributed by atoms with Gasteiger partial charge in [0.1, 0.15) is 12.4 Å². The van der Waals surface area contributed by atoms with Gasteiger partial charge in [0.25, 0.3) is 0 Å². The summed E-state index contributed by atoms with van der Waals surface area (Å²) in [5.41, 5.74) is 1.64. The Balaban J connectivity index is 2.31. The second-order valence-electron chi connectivity index (χ2n) is 4.82. The van der Waals surface area contributed by atoms with E-state index in [0.717, 1.165) is 5.75 Å². The Morgan fingerprint density at radius 3 is 2.60 bits per heavy atom.